The van der Waals surface area contributed by atoms with Crippen molar-refractivity contribution < 1.29 is 22.0 Å². The van der Waals surface area contributed by atoms with Crippen LogP contribution in [0.3, 0.4) is 0 Å². The van der Waals surface area contributed by atoms with Crippen molar-refractivity contribution in [3.8, 4) is 11.1 Å². The molecule has 0 saturated carbocycles. The lowest BCUT2D eigenvalue weighted by Gasteiger charge is -2.10. The molecular formula is C12H3Cl2F5. The van der Waals surface area contributed by atoms with E-state index in [1.165, 1.54) is 6.07 Å². The highest BCUT2D eigenvalue weighted by atomic mass is 35.5. The van der Waals surface area contributed by atoms with E-state index in [9.17, 15) is 22.0 Å². The second kappa shape index (κ2) is 4.98. The Bertz CT molecular complexity index is 641. The molecule has 0 aromatic heterocycles. The van der Waals surface area contributed by atoms with Gasteiger partial charge in [-0.1, -0.05) is 29.3 Å². The molecule has 0 aliphatic heterocycles. The van der Waals surface area contributed by atoms with Crippen LogP contribution in [-0.2, 0) is 0 Å². The Morgan fingerprint density at radius 3 is 1.63 bits per heavy atom. The lowest BCUT2D eigenvalue weighted by molar-refractivity contribution is 0.381. The van der Waals surface area contributed by atoms with E-state index in [1.807, 2.05) is 0 Å². The average Bonchev–Trinajstić information content (AvgIpc) is 2.37. The van der Waals surface area contributed by atoms with E-state index in [-0.39, 0.29) is 15.6 Å². The van der Waals surface area contributed by atoms with Crippen molar-refractivity contribution in [1.29, 1.82) is 0 Å². The highest BCUT2D eigenvalue weighted by Gasteiger charge is 2.27. The number of halogens is 7. The van der Waals surface area contributed by atoms with Crippen molar-refractivity contribution in [3.05, 3.63) is 57.3 Å². The van der Waals surface area contributed by atoms with Gasteiger partial charge in [0.1, 0.15) is 0 Å². The van der Waals surface area contributed by atoms with Crippen molar-refractivity contribution in [2.24, 2.45) is 0 Å². The standard InChI is InChI=1S/C12H3Cl2F5/c13-4-1-2-5(6(14)3-4)7-8(15)10(17)12(19)11(18)9(7)16/h1-3H. The van der Waals surface area contributed by atoms with Crippen molar-refractivity contribution in [2.75, 3.05) is 0 Å². The fraction of sp³-hybridized carbons (Fsp3) is 0. The molecule has 0 atom stereocenters. The van der Waals surface area contributed by atoms with Crippen LogP contribution >= 0.6 is 23.2 Å². The Labute approximate surface area is 114 Å². The minimum Gasteiger partial charge on any atom is -0.203 e. The molecule has 19 heavy (non-hydrogen) atoms. The first-order valence-corrected chi connectivity index (χ1v) is 5.57. The lowest BCUT2D eigenvalue weighted by Crippen LogP contribution is -2.04. The first kappa shape index (κ1) is 14.1. The first-order valence-electron chi connectivity index (χ1n) is 4.81. The van der Waals surface area contributed by atoms with E-state index in [4.69, 9.17) is 23.2 Å². The van der Waals surface area contributed by atoms with E-state index < -0.39 is 34.6 Å². The quantitative estimate of drug-likeness (QED) is 0.378. The maximum absolute atomic E-state index is 13.6. The summed E-state index contributed by atoms with van der Waals surface area (Å²) in [5.74, 6) is -10.2. The largest absolute Gasteiger partial charge is 0.203 e. The molecule has 2 rings (SSSR count). The predicted molar refractivity (Wildman–Crippen MR) is 61.7 cm³/mol. The van der Waals surface area contributed by atoms with Crippen LogP contribution in [0.25, 0.3) is 11.1 Å². The minimum atomic E-state index is -2.22. The third kappa shape index (κ3) is 2.28. The van der Waals surface area contributed by atoms with Crippen LogP contribution in [0.5, 0.6) is 0 Å². The van der Waals surface area contributed by atoms with Gasteiger partial charge in [0.2, 0.25) is 5.82 Å². The summed E-state index contributed by atoms with van der Waals surface area (Å²) in [6.45, 7) is 0. The zero-order chi connectivity index (χ0) is 14.3. The maximum Gasteiger partial charge on any atom is 0.200 e. The molecule has 0 radical (unpaired) electrons. The van der Waals surface area contributed by atoms with Gasteiger partial charge in [0.05, 0.1) is 10.6 Å². The van der Waals surface area contributed by atoms with Crippen molar-refractivity contribution in [3.63, 3.8) is 0 Å². The zero-order valence-corrected chi connectivity index (χ0v) is 10.4. The van der Waals surface area contributed by atoms with Gasteiger partial charge >= 0.3 is 0 Å². The lowest BCUT2D eigenvalue weighted by atomic mass is 10.0. The van der Waals surface area contributed by atoms with Gasteiger partial charge in [0, 0.05) is 10.6 Å². The van der Waals surface area contributed by atoms with Gasteiger partial charge in [-0.05, 0) is 12.1 Å². The molecule has 2 aromatic carbocycles. The molecule has 0 N–H and O–H groups in total. The summed E-state index contributed by atoms with van der Waals surface area (Å²) in [6, 6.07) is 3.43. The topological polar surface area (TPSA) is 0 Å². The fourth-order valence-electron chi connectivity index (χ4n) is 1.53. The van der Waals surface area contributed by atoms with E-state index in [1.54, 1.807) is 0 Å². The molecule has 0 heterocycles. The summed E-state index contributed by atoms with van der Waals surface area (Å²) in [7, 11) is 0. The SMILES string of the molecule is Fc1c(F)c(F)c(-c2ccc(Cl)cc2Cl)c(F)c1F. The van der Waals surface area contributed by atoms with Gasteiger partial charge in [-0.3, -0.25) is 0 Å². The monoisotopic (exact) mass is 312 g/mol. The van der Waals surface area contributed by atoms with E-state index in [0.29, 0.717) is 0 Å². The van der Waals surface area contributed by atoms with Gasteiger partial charge in [0.15, 0.2) is 23.3 Å². The third-order valence-electron chi connectivity index (χ3n) is 2.41. The van der Waals surface area contributed by atoms with E-state index >= 15 is 0 Å². The van der Waals surface area contributed by atoms with E-state index in [0.717, 1.165) is 12.1 Å². The summed E-state index contributed by atoms with van der Waals surface area (Å²) >= 11 is 11.3. The van der Waals surface area contributed by atoms with Crippen LogP contribution in [0.2, 0.25) is 10.0 Å². The van der Waals surface area contributed by atoms with Gasteiger partial charge in [-0.2, -0.15) is 0 Å². The summed E-state index contributed by atoms with van der Waals surface area (Å²) in [5.41, 5.74) is -1.42. The molecule has 0 fully saturated rings. The maximum atomic E-state index is 13.6. The Hall–Kier alpha value is -1.33. The molecule has 0 spiro atoms. The van der Waals surface area contributed by atoms with Crippen LogP contribution in [0.4, 0.5) is 22.0 Å². The molecule has 0 aliphatic carbocycles. The fourth-order valence-corrected chi connectivity index (χ4v) is 2.04. The molecule has 100 valence electrons. The smallest absolute Gasteiger partial charge is 0.200 e. The summed E-state index contributed by atoms with van der Waals surface area (Å²) in [6.07, 6.45) is 0. The summed E-state index contributed by atoms with van der Waals surface area (Å²) in [4.78, 5) is 0. The van der Waals surface area contributed by atoms with Gasteiger partial charge in [0.25, 0.3) is 0 Å². The molecule has 0 amide bonds. The van der Waals surface area contributed by atoms with Gasteiger partial charge in [-0.15, -0.1) is 0 Å². The zero-order valence-electron chi connectivity index (χ0n) is 8.88. The molecule has 7 heteroatoms. The van der Waals surface area contributed by atoms with Gasteiger partial charge in [-0.25, -0.2) is 22.0 Å². The second-order valence-electron chi connectivity index (χ2n) is 3.57. The molecule has 0 aliphatic rings. The van der Waals surface area contributed by atoms with Crippen LogP contribution in [0.1, 0.15) is 0 Å². The van der Waals surface area contributed by atoms with Crippen molar-refractivity contribution >= 4 is 23.2 Å². The average molecular weight is 313 g/mol. The molecule has 0 unspecified atom stereocenters. The highest BCUT2D eigenvalue weighted by Crippen LogP contribution is 2.36. The summed E-state index contributed by atoms with van der Waals surface area (Å²) < 4.78 is 66.1. The van der Waals surface area contributed by atoms with Gasteiger partial charge < -0.3 is 0 Å². The molecular weight excluding hydrogens is 310 g/mol. The number of rotatable bonds is 1. The first-order chi connectivity index (χ1) is 8.84. The van der Waals surface area contributed by atoms with Crippen LogP contribution in [0.15, 0.2) is 18.2 Å². The minimum absolute atomic E-state index is 0.164. The van der Waals surface area contributed by atoms with Crippen LogP contribution in [-0.4, -0.2) is 0 Å². The van der Waals surface area contributed by atoms with E-state index in [2.05, 4.69) is 0 Å². The second-order valence-corrected chi connectivity index (χ2v) is 4.41. The molecule has 2 aromatic rings. The number of hydrogen-bond donors (Lipinski definition) is 0. The Morgan fingerprint density at radius 2 is 1.16 bits per heavy atom. The van der Waals surface area contributed by atoms with Crippen molar-refractivity contribution in [2.45, 2.75) is 0 Å². The highest BCUT2D eigenvalue weighted by molar-refractivity contribution is 6.36. The number of hydrogen-bond acceptors (Lipinski definition) is 0. The Balaban J connectivity index is 2.83. The molecule has 0 nitrogen and oxygen atoms in total. The Morgan fingerprint density at radius 1 is 0.684 bits per heavy atom. The third-order valence-corrected chi connectivity index (χ3v) is 2.96. The summed E-state index contributed by atoms with van der Waals surface area (Å²) in [5, 5.41) is -0.0617. The Kier molecular flexibility index (Phi) is 3.69. The predicted octanol–water partition coefficient (Wildman–Crippen LogP) is 5.36. The van der Waals surface area contributed by atoms with Crippen LogP contribution in [0, 0.1) is 29.1 Å². The van der Waals surface area contributed by atoms with Crippen LogP contribution < -0.4 is 0 Å². The number of benzene rings is 2. The molecule has 0 bridgehead atoms. The van der Waals surface area contributed by atoms with Crippen molar-refractivity contribution in [1.82, 2.24) is 0 Å². The molecule has 0 saturated heterocycles. The normalized spacial score (nSPS) is 10.9.